The molecule has 2 aromatic heterocycles. The molecule has 0 aliphatic rings. The minimum atomic E-state index is 0.0471. The van der Waals surface area contributed by atoms with E-state index < -0.39 is 0 Å². The maximum absolute atomic E-state index is 9.77. The van der Waals surface area contributed by atoms with Gasteiger partial charge in [0, 0.05) is 10.7 Å². The van der Waals surface area contributed by atoms with Crippen molar-refractivity contribution < 1.29 is 10.2 Å². The molecule has 0 aliphatic heterocycles. The molecule has 0 spiro atoms. The van der Waals surface area contributed by atoms with Gasteiger partial charge in [-0.25, -0.2) is 9.97 Å². The van der Waals surface area contributed by atoms with Crippen molar-refractivity contribution in [1.29, 1.82) is 0 Å². The van der Waals surface area contributed by atoms with Gasteiger partial charge in [0.05, 0.1) is 11.1 Å². The molecule has 0 bridgehead atoms. The molecule has 0 saturated carbocycles. The van der Waals surface area contributed by atoms with E-state index in [-0.39, 0.29) is 11.5 Å². The van der Waals surface area contributed by atoms with Gasteiger partial charge in [0.15, 0.2) is 5.65 Å². The Balaban J connectivity index is 2.22. The van der Waals surface area contributed by atoms with Crippen LogP contribution in [-0.4, -0.2) is 25.2 Å². The number of rotatable bonds is 1. The van der Waals surface area contributed by atoms with Crippen LogP contribution in [0.25, 0.3) is 22.6 Å². The van der Waals surface area contributed by atoms with E-state index in [9.17, 15) is 10.2 Å². The van der Waals surface area contributed by atoms with E-state index in [2.05, 4.69) is 30.9 Å². The summed E-state index contributed by atoms with van der Waals surface area (Å²) in [6, 6.07) is 6.12. The molecule has 0 radical (unpaired) electrons. The van der Waals surface area contributed by atoms with Crippen LogP contribution in [0.1, 0.15) is 0 Å². The molecule has 3 rings (SSSR count). The SMILES string of the molecule is Oc1ccc(O)c(-c2nc3ncc(Br)cc3[nH]2)c1. The number of hydrogen-bond acceptors (Lipinski definition) is 4. The first-order valence-electron chi connectivity index (χ1n) is 5.17. The van der Waals surface area contributed by atoms with Crippen molar-refractivity contribution in [3.8, 4) is 22.9 Å². The number of aromatic amines is 1. The van der Waals surface area contributed by atoms with Gasteiger partial charge in [-0.1, -0.05) is 0 Å². The Morgan fingerprint density at radius 1 is 1.17 bits per heavy atom. The van der Waals surface area contributed by atoms with E-state index in [0.29, 0.717) is 17.0 Å². The summed E-state index contributed by atoms with van der Waals surface area (Å²) >= 11 is 3.32. The molecule has 18 heavy (non-hydrogen) atoms. The maximum Gasteiger partial charge on any atom is 0.178 e. The normalized spacial score (nSPS) is 10.9. The third-order valence-corrected chi connectivity index (χ3v) is 2.97. The van der Waals surface area contributed by atoms with Crippen LogP contribution in [0.15, 0.2) is 34.9 Å². The molecule has 0 unspecified atom stereocenters. The zero-order valence-corrected chi connectivity index (χ0v) is 10.6. The third kappa shape index (κ3) is 1.80. The van der Waals surface area contributed by atoms with E-state index in [0.717, 1.165) is 9.99 Å². The summed E-state index contributed by atoms with van der Waals surface area (Å²) in [5.41, 5.74) is 1.74. The molecule has 3 aromatic rings. The van der Waals surface area contributed by atoms with Crippen LogP contribution in [0.4, 0.5) is 0 Å². The van der Waals surface area contributed by atoms with Gasteiger partial charge in [-0.15, -0.1) is 0 Å². The number of nitrogens with one attached hydrogen (secondary N) is 1. The smallest absolute Gasteiger partial charge is 0.178 e. The monoisotopic (exact) mass is 305 g/mol. The Morgan fingerprint density at radius 2 is 2.00 bits per heavy atom. The van der Waals surface area contributed by atoms with Gasteiger partial charge < -0.3 is 15.2 Å². The lowest BCUT2D eigenvalue weighted by Gasteiger charge is -2.01. The molecule has 6 heteroatoms. The van der Waals surface area contributed by atoms with Gasteiger partial charge in [0.2, 0.25) is 0 Å². The van der Waals surface area contributed by atoms with E-state index in [1.165, 1.54) is 18.2 Å². The van der Waals surface area contributed by atoms with E-state index in [1.807, 2.05) is 6.07 Å². The lowest BCUT2D eigenvalue weighted by atomic mass is 10.2. The molecule has 90 valence electrons. The molecule has 5 nitrogen and oxygen atoms in total. The van der Waals surface area contributed by atoms with Crippen LogP contribution < -0.4 is 0 Å². The quantitative estimate of drug-likeness (QED) is 0.604. The number of phenolic OH excluding ortho intramolecular Hbond substituents is 2. The number of H-pyrrole nitrogens is 1. The number of hydrogen-bond donors (Lipinski definition) is 3. The van der Waals surface area contributed by atoms with Crippen LogP contribution in [0.2, 0.25) is 0 Å². The van der Waals surface area contributed by atoms with Gasteiger partial charge in [-0.2, -0.15) is 0 Å². The highest BCUT2D eigenvalue weighted by Gasteiger charge is 2.11. The first-order chi connectivity index (χ1) is 8.63. The minimum Gasteiger partial charge on any atom is -0.508 e. The Labute approximate surface area is 110 Å². The highest BCUT2D eigenvalue weighted by Crippen LogP contribution is 2.31. The fraction of sp³-hybridized carbons (Fsp3) is 0. The fourth-order valence-electron chi connectivity index (χ4n) is 1.72. The van der Waals surface area contributed by atoms with Crippen LogP contribution in [-0.2, 0) is 0 Å². The standard InChI is InChI=1S/C12H8BrN3O2/c13-6-3-9-12(14-5-6)16-11(15-9)8-4-7(17)1-2-10(8)18/h1-5,17-18H,(H,14,15,16). The van der Waals surface area contributed by atoms with Crippen LogP contribution >= 0.6 is 15.9 Å². The Morgan fingerprint density at radius 3 is 2.83 bits per heavy atom. The Kier molecular flexibility index (Phi) is 2.45. The predicted molar refractivity (Wildman–Crippen MR) is 70.4 cm³/mol. The highest BCUT2D eigenvalue weighted by atomic mass is 79.9. The van der Waals surface area contributed by atoms with Crippen LogP contribution in [0, 0.1) is 0 Å². The summed E-state index contributed by atoms with van der Waals surface area (Å²) in [6.45, 7) is 0. The number of halogens is 1. The van der Waals surface area contributed by atoms with Crippen molar-refractivity contribution in [1.82, 2.24) is 15.0 Å². The molecule has 0 amide bonds. The lowest BCUT2D eigenvalue weighted by Crippen LogP contribution is -1.81. The number of benzene rings is 1. The molecule has 0 saturated heterocycles. The molecule has 0 aliphatic carbocycles. The first kappa shape index (κ1) is 11.0. The highest BCUT2D eigenvalue weighted by molar-refractivity contribution is 9.10. The maximum atomic E-state index is 9.77. The summed E-state index contributed by atoms with van der Waals surface area (Å²) in [4.78, 5) is 11.5. The Bertz CT molecular complexity index is 739. The van der Waals surface area contributed by atoms with Gasteiger partial charge in [-0.3, -0.25) is 0 Å². The van der Waals surface area contributed by atoms with Crippen LogP contribution in [0.5, 0.6) is 11.5 Å². The summed E-state index contributed by atoms with van der Waals surface area (Å²) in [7, 11) is 0. The van der Waals surface area contributed by atoms with Crippen molar-refractivity contribution >= 4 is 27.1 Å². The molecule has 3 N–H and O–H groups in total. The minimum absolute atomic E-state index is 0.0471. The zero-order chi connectivity index (χ0) is 12.7. The number of aromatic hydroxyl groups is 2. The zero-order valence-electron chi connectivity index (χ0n) is 9.05. The topological polar surface area (TPSA) is 82.0 Å². The second kappa shape index (κ2) is 3.99. The third-order valence-electron chi connectivity index (χ3n) is 2.54. The average Bonchev–Trinajstić information content (AvgIpc) is 2.74. The van der Waals surface area contributed by atoms with E-state index in [1.54, 1.807) is 6.20 Å². The number of aromatic nitrogens is 3. The van der Waals surface area contributed by atoms with Crippen molar-refractivity contribution in [2.24, 2.45) is 0 Å². The average molecular weight is 306 g/mol. The van der Waals surface area contributed by atoms with Crippen molar-refractivity contribution in [2.75, 3.05) is 0 Å². The van der Waals surface area contributed by atoms with Gasteiger partial charge in [-0.05, 0) is 40.2 Å². The van der Waals surface area contributed by atoms with Crippen molar-refractivity contribution in [3.05, 3.63) is 34.9 Å². The molecule has 0 atom stereocenters. The molecule has 0 fully saturated rings. The van der Waals surface area contributed by atoms with Crippen molar-refractivity contribution in [3.63, 3.8) is 0 Å². The summed E-state index contributed by atoms with van der Waals surface area (Å²) in [5.74, 6) is 0.576. The first-order valence-corrected chi connectivity index (χ1v) is 5.96. The molecule has 1 aromatic carbocycles. The molecular weight excluding hydrogens is 298 g/mol. The second-order valence-corrected chi connectivity index (χ2v) is 4.73. The lowest BCUT2D eigenvalue weighted by molar-refractivity contribution is 0.461. The number of pyridine rings is 1. The largest absolute Gasteiger partial charge is 0.508 e. The van der Waals surface area contributed by atoms with E-state index in [4.69, 9.17) is 0 Å². The van der Waals surface area contributed by atoms with Gasteiger partial charge in [0.1, 0.15) is 17.3 Å². The summed E-state index contributed by atoms with van der Waals surface area (Å²) in [6.07, 6.45) is 1.65. The van der Waals surface area contributed by atoms with Crippen LogP contribution in [0.3, 0.4) is 0 Å². The number of imidazole rings is 1. The summed E-state index contributed by atoms with van der Waals surface area (Å²) < 4.78 is 0.838. The fourth-order valence-corrected chi connectivity index (χ4v) is 2.05. The van der Waals surface area contributed by atoms with Crippen molar-refractivity contribution in [2.45, 2.75) is 0 Å². The van der Waals surface area contributed by atoms with Gasteiger partial charge in [0.25, 0.3) is 0 Å². The summed E-state index contributed by atoms with van der Waals surface area (Å²) in [5, 5.41) is 19.2. The molecular formula is C12H8BrN3O2. The predicted octanol–water partition coefficient (Wildman–Crippen LogP) is 2.80. The number of nitrogens with zero attached hydrogens (tertiary/aromatic N) is 2. The molecule has 2 heterocycles. The Hall–Kier alpha value is -2.08. The second-order valence-electron chi connectivity index (χ2n) is 3.81. The van der Waals surface area contributed by atoms with E-state index >= 15 is 0 Å². The number of phenols is 2. The number of fused-ring (bicyclic) bond motifs is 1. The van der Waals surface area contributed by atoms with Gasteiger partial charge >= 0.3 is 0 Å².